The second kappa shape index (κ2) is 3.53. The second-order valence-corrected chi connectivity index (χ2v) is 3.33. The third-order valence-electron chi connectivity index (χ3n) is 1.55. The maximum atomic E-state index is 5.37. The zero-order valence-electron chi connectivity index (χ0n) is 6.93. The number of nitrogens with zero attached hydrogens (tertiary/aromatic N) is 2. The van der Waals surface area contributed by atoms with Gasteiger partial charge >= 0.3 is 0 Å². The average molecular weight is 192 g/mol. The molecule has 0 atom stereocenters. The van der Waals surface area contributed by atoms with Gasteiger partial charge in [0, 0.05) is 0 Å². The van der Waals surface area contributed by atoms with Gasteiger partial charge in [-0.1, -0.05) is 12.7 Å². The number of fused-ring (bicyclic) bond motifs is 1. The summed E-state index contributed by atoms with van der Waals surface area (Å²) in [5.74, 6) is 0.639. The first kappa shape index (κ1) is 8.19. The van der Waals surface area contributed by atoms with E-state index in [9.17, 15) is 0 Å². The summed E-state index contributed by atoms with van der Waals surface area (Å²) in [7, 11) is 0. The molecule has 0 saturated carbocycles. The molecule has 2 aromatic heterocycles. The van der Waals surface area contributed by atoms with E-state index < -0.39 is 0 Å². The third-order valence-corrected chi connectivity index (χ3v) is 2.44. The maximum absolute atomic E-state index is 5.37. The van der Waals surface area contributed by atoms with Crippen LogP contribution < -0.4 is 4.74 Å². The lowest BCUT2D eigenvalue weighted by Gasteiger charge is -2.01. The normalized spacial score (nSPS) is 10.2. The van der Waals surface area contributed by atoms with Gasteiger partial charge in [0.15, 0.2) is 0 Å². The number of rotatable bonds is 3. The van der Waals surface area contributed by atoms with Crippen molar-refractivity contribution in [2.75, 3.05) is 6.61 Å². The zero-order chi connectivity index (χ0) is 9.10. The molecule has 4 heteroatoms. The number of hydrogen-bond donors (Lipinski definition) is 0. The van der Waals surface area contributed by atoms with Crippen molar-refractivity contribution in [1.29, 1.82) is 0 Å². The summed E-state index contributed by atoms with van der Waals surface area (Å²) in [6.07, 6.45) is 3.20. The van der Waals surface area contributed by atoms with Gasteiger partial charge in [-0.05, 0) is 11.4 Å². The van der Waals surface area contributed by atoms with Crippen molar-refractivity contribution in [2.45, 2.75) is 0 Å². The van der Waals surface area contributed by atoms with Crippen LogP contribution in [0.15, 0.2) is 30.4 Å². The van der Waals surface area contributed by atoms with Crippen LogP contribution in [0, 0.1) is 0 Å². The van der Waals surface area contributed by atoms with Crippen LogP contribution in [0.3, 0.4) is 0 Å². The van der Waals surface area contributed by atoms with Crippen molar-refractivity contribution in [3.05, 3.63) is 30.4 Å². The van der Waals surface area contributed by atoms with E-state index in [-0.39, 0.29) is 0 Å². The average Bonchev–Trinajstić information content (AvgIpc) is 2.62. The topological polar surface area (TPSA) is 35.0 Å². The molecule has 2 heterocycles. The Bertz CT molecular complexity index is 424. The van der Waals surface area contributed by atoms with Gasteiger partial charge in [-0.15, -0.1) is 11.3 Å². The Kier molecular flexibility index (Phi) is 2.23. The van der Waals surface area contributed by atoms with Gasteiger partial charge in [0.2, 0.25) is 5.88 Å². The van der Waals surface area contributed by atoms with Crippen LogP contribution in [0.25, 0.3) is 10.2 Å². The summed E-state index contributed by atoms with van der Waals surface area (Å²) < 4.78 is 6.36. The van der Waals surface area contributed by atoms with Crippen molar-refractivity contribution >= 4 is 21.6 Å². The van der Waals surface area contributed by atoms with Gasteiger partial charge in [0.05, 0.1) is 5.52 Å². The summed E-state index contributed by atoms with van der Waals surface area (Å²) in [5.41, 5.74) is 0.930. The van der Waals surface area contributed by atoms with Gasteiger partial charge in [-0.25, -0.2) is 9.97 Å². The second-order valence-electron chi connectivity index (χ2n) is 2.41. The molecule has 3 nitrogen and oxygen atoms in total. The minimum absolute atomic E-state index is 0.476. The number of hydrogen-bond acceptors (Lipinski definition) is 4. The van der Waals surface area contributed by atoms with Crippen LogP contribution in [0.2, 0.25) is 0 Å². The minimum atomic E-state index is 0.476. The predicted molar refractivity (Wildman–Crippen MR) is 53.1 cm³/mol. The molecule has 2 rings (SSSR count). The third kappa shape index (κ3) is 1.53. The fourth-order valence-corrected chi connectivity index (χ4v) is 1.79. The molecular formula is C9H8N2OS. The monoisotopic (exact) mass is 192 g/mol. The smallest absolute Gasteiger partial charge is 0.235 e. The van der Waals surface area contributed by atoms with Crippen LogP contribution >= 0.6 is 11.3 Å². The Labute approximate surface area is 79.7 Å². The van der Waals surface area contributed by atoms with E-state index in [1.165, 1.54) is 6.33 Å². The summed E-state index contributed by atoms with van der Waals surface area (Å²) in [4.78, 5) is 8.15. The molecule has 0 aromatic carbocycles. The molecule has 66 valence electrons. The molecule has 0 aliphatic heterocycles. The number of ether oxygens (including phenoxy) is 1. The van der Waals surface area contributed by atoms with Crippen LogP contribution in [0.5, 0.6) is 5.88 Å². The van der Waals surface area contributed by atoms with Gasteiger partial charge in [0.25, 0.3) is 0 Å². The summed E-state index contributed by atoms with van der Waals surface area (Å²) in [6, 6.07) is 1.95. The maximum Gasteiger partial charge on any atom is 0.235 e. The summed E-state index contributed by atoms with van der Waals surface area (Å²) in [5, 5.41) is 1.97. The molecule has 0 fully saturated rings. The molecule has 0 spiro atoms. The summed E-state index contributed by atoms with van der Waals surface area (Å²) in [6.45, 7) is 4.05. The zero-order valence-corrected chi connectivity index (χ0v) is 7.75. The van der Waals surface area contributed by atoms with E-state index >= 15 is 0 Å². The Hall–Kier alpha value is -1.42. The van der Waals surface area contributed by atoms with E-state index in [0.29, 0.717) is 12.5 Å². The first-order valence-corrected chi connectivity index (χ1v) is 4.71. The Balaban J connectivity index is 2.42. The molecule has 0 bridgehead atoms. The molecule has 0 aliphatic carbocycles. The van der Waals surface area contributed by atoms with E-state index in [1.807, 2.05) is 11.4 Å². The van der Waals surface area contributed by atoms with Crippen LogP contribution in [-0.2, 0) is 0 Å². The van der Waals surface area contributed by atoms with E-state index in [0.717, 1.165) is 10.2 Å². The van der Waals surface area contributed by atoms with Crippen LogP contribution in [0.1, 0.15) is 0 Å². The minimum Gasteiger partial charge on any atom is -0.472 e. The Morgan fingerprint density at radius 3 is 3.31 bits per heavy atom. The molecule has 0 aliphatic rings. The first-order chi connectivity index (χ1) is 6.42. The molecule has 2 aromatic rings. The van der Waals surface area contributed by atoms with Crippen molar-refractivity contribution < 1.29 is 4.74 Å². The van der Waals surface area contributed by atoms with Crippen molar-refractivity contribution in [3.63, 3.8) is 0 Å². The van der Waals surface area contributed by atoms with Crippen molar-refractivity contribution in [2.24, 2.45) is 0 Å². The highest BCUT2D eigenvalue weighted by atomic mass is 32.1. The van der Waals surface area contributed by atoms with Crippen LogP contribution in [0.4, 0.5) is 0 Å². The Morgan fingerprint density at radius 1 is 1.54 bits per heavy atom. The fourth-order valence-electron chi connectivity index (χ4n) is 1.01. The largest absolute Gasteiger partial charge is 0.472 e. The fraction of sp³-hybridized carbons (Fsp3) is 0.111. The van der Waals surface area contributed by atoms with Gasteiger partial charge in [-0.3, -0.25) is 0 Å². The highest BCUT2D eigenvalue weighted by Gasteiger charge is 2.04. The Morgan fingerprint density at radius 2 is 2.46 bits per heavy atom. The van der Waals surface area contributed by atoms with Gasteiger partial charge in [0.1, 0.15) is 17.6 Å². The van der Waals surface area contributed by atoms with Gasteiger partial charge in [-0.2, -0.15) is 0 Å². The van der Waals surface area contributed by atoms with Crippen molar-refractivity contribution in [3.8, 4) is 5.88 Å². The molecule has 0 saturated heterocycles. The highest BCUT2D eigenvalue weighted by molar-refractivity contribution is 7.17. The molecule has 0 amide bonds. The highest BCUT2D eigenvalue weighted by Crippen LogP contribution is 2.26. The standard InChI is InChI=1S/C9H8N2OS/c1-2-4-12-9-8-7(3-5-13-8)10-6-11-9/h2-3,5-6H,1,4H2. The molecule has 13 heavy (non-hydrogen) atoms. The number of aromatic nitrogens is 2. The number of thiophene rings is 1. The van der Waals surface area contributed by atoms with E-state index in [1.54, 1.807) is 17.4 Å². The predicted octanol–water partition coefficient (Wildman–Crippen LogP) is 2.26. The lowest BCUT2D eigenvalue weighted by atomic mass is 10.5. The lowest BCUT2D eigenvalue weighted by Crippen LogP contribution is -1.95. The van der Waals surface area contributed by atoms with Gasteiger partial charge < -0.3 is 4.74 Å². The molecule has 0 radical (unpaired) electrons. The molecular weight excluding hydrogens is 184 g/mol. The summed E-state index contributed by atoms with van der Waals surface area (Å²) >= 11 is 1.58. The van der Waals surface area contributed by atoms with Crippen molar-refractivity contribution in [1.82, 2.24) is 9.97 Å². The van der Waals surface area contributed by atoms with E-state index in [2.05, 4.69) is 16.5 Å². The van der Waals surface area contributed by atoms with Crippen LogP contribution in [-0.4, -0.2) is 16.6 Å². The molecule has 0 N–H and O–H groups in total. The van der Waals surface area contributed by atoms with E-state index in [4.69, 9.17) is 4.74 Å². The first-order valence-electron chi connectivity index (χ1n) is 3.83. The lowest BCUT2D eigenvalue weighted by molar-refractivity contribution is 0.353. The SMILES string of the molecule is C=CCOc1ncnc2ccsc12. The quantitative estimate of drug-likeness (QED) is 0.700. The molecule has 0 unspecified atom stereocenters.